The molecule has 0 saturated heterocycles. The molecule has 378 valence electrons. The number of hydrogen-bond acceptors (Lipinski definition) is 5. The van der Waals surface area contributed by atoms with Gasteiger partial charge in [-0.05, 0) is 83.5 Å². The van der Waals surface area contributed by atoms with Gasteiger partial charge in [0.25, 0.3) is 0 Å². The summed E-state index contributed by atoms with van der Waals surface area (Å²) in [6, 6.07) is -0.720. The molecule has 0 fully saturated rings. The van der Waals surface area contributed by atoms with Crippen LogP contribution in [0.15, 0.2) is 60.8 Å². The highest BCUT2D eigenvalue weighted by molar-refractivity contribution is 5.77. The Morgan fingerprint density at radius 1 is 0.462 bits per heavy atom. The summed E-state index contributed by atoms with van der Waals surface area (Å²) in [5, 5.41) is 23.8. The number of aliphatic hydroxyl groups is 2. The fourth-order valence-corrected chi connectivity index (χ4v) is 8.32. The Bertz CT molecular complexity index is 1160. The van der Waals surface area contributed by atoms with Crippen LogP contribution in [0, 0.1) is 0 Å². The first-order valence-electron chi connectivity index (χ1n) is 28.0. The average molecular weight is 911 g/mol. The predicted molar refractivity (Wildman–Crippen MR) is 282 cm³/mol. The van der Waals surface area contributed by atoms with E-state index < -0.39 is 18.2 Å². The molecule has 0 aromatic rings. The van der Waals surface area contributed by atoms with E-state index in [0.29, 0.717) is 19.3 Å². The first-order chi connectivity index (χ1) is 32.0. The van der Waals surface area contributed by atoms with Gasteiger partial charge in [-0.2, -0.15) is 0 Å². The lowest BCUT2D eigenvalue weighted by Crippen LogP contribution is -2.46. The van der Waals surface area contributed by atoms with Crippen LogP contribution in [-0.2, 0) is 14.3 Å². The number of rotatable bonds is 50. The van der Waals surface area contributed by atoms with Gasteiger partial charge >= 0.3 is 5.97 Å². The third-order valence-corrected chi connectivity index (χ3v) is 12.6. The minimum Gasteiger partial charge on any atom is -0.462 e. The normalized spacial score (nSPS) is 13.6. The van der Waals surface area contributed by atoms with E-state index in [2.05, 4.69) is 86.8 Å². The summed E-state index contributed by atoms with van der Waals surface area (Å²) < 4.78 is 5.92. The Labute approximate surface area is 403 Å². The monoisotopic (exact) mass is 910 g/mol. The van der Waals surface area contributed by atoms with E-state index in [-0.39, 0.29) is 24.9 Å². The van der Waals surface area contributed by atoms with Crippen molar-refractivity contribution in [1.29, 1.82) is 0 Å². The van der Waals surface area contributed by atoms with Gasteiger partial charge in [0.1, 0.15) is 6.10 Å². The molecule has 65 heavy (non-hydrogen) atoms. The van der Waals surface area contributed by atoms with Crippen molar-refractivity contribution < 1.29 is 24.5 Å². The zero-order chi connectivity index (χ0) is 47.4. The molecule has 3 N–H and O–H groups in total. The van der Waals surface area contributed by atoms with Crippen LogP contribution >= 0.6 is 0 Å². The second kappa shape index (κ2) is 52.5. The predicted octanol–water partition coefficient (Wildman–Crippen LogP) is 17.2. The highest BCUT2D eigenvalue weighted by atomic mass is 16.5. The quantitative estimate of drug-likeness (QED) is 0.0245. The molecule has 0 bridgehead atoms. The fourth-order valence-electron chi connectivity index (χ4n) is 8.32. The van der Waals surface area contributed by atoms with Crippen molar-refractivity contribution in [3.05, 3.63) is 60.8 Å². The van der Waals surface area contributed by atoms with Crippen LogP contribution < -0.4 is 5.32 Å². The number of carbonyl (C=O) groups excluding carboxylic acids is 2. The number of hydrogen-bond donors (Lipinski definition) is 3. The minimum absolute atomic E-state index is 0.0387. The number of esters is 1. The van der Waals surface area contributed by atoms with Crippen molar-refractivity contribution in [1.82, 2.24) is 5.32 Å². The van der Waals surface area contributed by atoms with E-state index in [0.717, 1.165) is 77.0 Å². The first kappa shape index (κ1) is 62.6. The standard InChI is InChI=1S/C59H107NO5/c1-4-7-10-13-16-19-22-25-27-28-29-30-31-34-37-40-43-46-49-52-59(64)65-55(50-47-44-41-38-35-33-26-23-20-17-14-11-8-5-2)53-58(63)60-56(54-61)57(62)51-48-45-42-39-36-32-24-21-18-15-12-9-6-3/h16,19,25,27,29-30,33,35,38,41,55-57,61-62H,4-15,17-18,20-24,26,28,31-32,34,36-37,39-40,42-54H2,1-3H3,(H,60,63)/b19-16-,27-25-,30-29-,35-33+,41-38+. The molecule has 0 heterocycles. The Morgan fingerprint density at radius 2 is 0.846 bits per heavy atom. The van der Waals surface area contributed by atoms with Crippen molar-refractivity contribution in [3.8, 4) is 0 Å². The van der Waals surface area contributed by atoms with E-state index in [1.807, 2.05) is 0 Å². The Hall–Kier alpha value is -2.44. The fraction of sp³-hybridized carbons (Fsp3) is 0.797. The lowest BCUT2D eigenvalue weighted by molar-refractivity contribution is -0.151. The number of amides is 1. The van der Waals surface area contributed by atoms with Crippen LogP contribution in [0.3, 0.4) is 0 Å². The van der Waals surface area contributed by atoms with Crippen molar-refractivity contribution in [3.63, 3.8) is 0 Å². The van der Waals surface area contributed by atoms with Gasteiger partial charge in [-0.15, -0.1) is 0 Å². The van der Waals surface area contributed by atoms with E-state index >= 15 is 0 Å². The molecule has 0 aliphatic heterocycles. The van der Waals surface area contributed by atoms with E-state index in [1.165, 1.54) is 154 Å². The molecule has 0 saturated carbocycles. The van der Waals surface area contributed by atoms with Crippen molar-refractivity contribution in [2.75, 3.05) is 6.61 Å². The highest BCUT2D eigenvalue weighted by Crippen LogP contribution is 2.17. The van der Waals surface area contributed by atoms with Crippen LogP contribution in [0.25, 0.3) is 0 Å². The van der Waals surface area contributed by atoms with Crippen LogP contribution in [0.2, 0.25) is 0 Å². The molecule has 0 radical (unpaired) electrons. The molecule has 0 aromatic heterocycles. The molecule has 6 heteroatoms. The van der Waals surface area contributed by atoms with Crippen molar-refractivity contribution in [2.24, 2.45) is 0 Å². The summed E-state index contributed by atoms with van der Waals surface area (Å²) in [7, 11) is 0. The van der Waals surface area contributed by atoms with Gasteiger partial charge in [-0.3, -0.25) is 9.59 Å². The number of nitrogens with one attached hydrogen (secondary N) is 1. The second-order valence-corrected chi connectivity index (χ2v) is 19.0. The van der Waals surface area contributed by atoms with Gasteiger partial charge in [0.05, 0.1) is 25.2 Å². The largest absolute Gasteiger partial charge is 0.462 e. The van der Waals surface area contributed by atoms with Gasteiger partial charge in [-0.25, -0.2) is 0 Å². The molecule has 0 rings (SSSR count). The lowest BCUT2D eigenvalue weighted by atomic mass is 10.0. The first-order valence-corrected chi connectivity index (χ1v) is 28.0. The summed E-state index contributed by atoms with van der Waals surface area (Å²) in [5.41, 5.74) is 0. The number of allylic oxidation sites excluding steroid dienone is 10. The van der Waals surface area contributed by atoms with E-state index in [1.54, 1.807) is 0 Å². The average Bonchev–Trinajstić information content (AvgIpc) is 3.30. The van der Waals surface area contributed by atoms with E-state index in [4.69, 9.17) is 4.74 Å². The zero-order valence-electron chi connectivity index (χ0n) is 43.1. The third-order valence-electron chi connectivity index (χ3n) is 12.6. The molecule has 3 unspecified atom stereocenters. The molecular weight excluding hydrogens is 803 g/mol. The summed E-state index contributed by atoms with van der Waals surface area (Å²) in [4.78, 5) is 26.2. The van der Waals surface area contributed by atoms with E-state index in [9.17, 15) is 19.8 Å². The van der Waals surface area contributed by atoms with Gasteiger partial charge < -0.3 is 20.3 Å². The summed E-state index contributed by atoms with van der Waals surface area (Å²) in [6.07, 6.45) is 65.7. The highest BCUT2D eigenvalue weighted by Gasteiger charge is 2.24. The van der Waals surface area contributed by atoms with Gasteiger partial charge in [0, 0.05) is 6.42 Å². The Morgan fingerprint density at radius 3 is 1.34 bits per heavy atom. The number of aliphatic hydroxyl groups excluding tert-OH is 2. The molecule has 3 atom stereocenters. The Kier molecular flexibility index (Phi) is 50.6. The van der Waals surface area contributed by atoms with Crippen LogP contribution in [0.4, 0.5) is 0 Å². The molecule has 0 aromatic carbocycles. The molecular formula is C59H107NO5. The second-order valence-electron chi connectivity index (χ2n) is 19.0. The van der Waals surface area contributed by atoms with Crippen LogP contribution in [0.1, 0.15) is 278 Å². The summed E-state index contributed by atoms with van der Waals surface area (Å²) in [6.45, 7) is 6.45. The maximum atomic E-state index is 13.2. The SMILES string of the molecule is CCCCC/C=C\C/C=C\C/C=C\CCCCCCCCC(=O)OC(CCC/C=C/C=C/CCCCCCCCC)CC(=O)NC(CO)C(O)CCCCCCCCCCCCCCC. The maximum absolute atomic E-state index is 13.2. The van der Waals surface area contributed by atoms with Crippen LogP contribution in [-0.4, -0.2) is 46.9 Å². The van der Waals surface area contributed by atoms with Gasteiger partial charge in [-0.1, -0.05) is 242 Å². The zero-order valence-corrected chi connectivity index (χ0v) is 43.1. The molecule has 0 spiro atoms. The summed E-state index contributed by atoms with van der Waals surface area (Å²) >= 11 is 0. The van der Waals surface area contributed by atoms with Gasteiger partial charge in [0.2, 0.25) is 5.91 Å². The van der Waals surface area contributed by atoms with Crippen LogP contribution in [0.5, 0.6) is 0 Å². The number of carbonyl (C=O) groups is 2. The Balaban J connectivity index is 4.62. The van der Waals surface area contributed by atoms with Gasteiger partial charge in [0.15, 0.2) is 0 Å². The minimum atomic E-state index is -0.803. The number of unbranched alkanes of at least 4 members (excludes halogenated alkanes) is 29. The molecule has 6 nitrogen and oxygen atoms in total. The third kappa shape index (κ3) is 47.8. The lowest BCUT2D eigenvalue weighted by Gasteiger charge is -2.24. The maximum Gasteiger partial charge on any atom is 0.306 e. The number of ether oxygens (including phenoxy) is 1. The molecule has 1 amide bonds. The van der Waals surface area contributed by atoms with Crippen molar-refractivity contribution >= 4 is 11.9 Å². The van der Waals surface area contributed by atoms with Crippen molar-refractivity contribution in [2.45, 2.75) is 296 Å². The smallest absolute Gasteiger partial charge is 0.306 e. The topological polar surface area (TPSA) is 95.9 Å². The molecule has 0 aliphatic carbocycles. The summed E-state index contributed by atoms with van der Waals surface area (Å²) in [5.74, 6) is -0.530. The molecule has 0 aliphatic rings.